The SMILES string of the molecule is CC(C)CNCCCS(=O)(=O)CC1CCCC1. The van der Waals surface area contributed by atoms with Gasteiger partial charge in [0, 0.05) is 0 Å². The Labute approximate surface area is 106 Å². The Kier molecular flexibility index (Phi) is 6.49. The summed E-state index contributed by atoms with van der Waals surface area (Å²) in [7, 11) is -2.81. The summed E-state index contributed by atoms with van der Waals surface area (Å²) in [6.45, 7) is 6.11. The number of nitrogens with one attached hydrogen (secondary N) is 1. The van der Waals surface area contributed by atoms with Crippen molar-refractivity contribution >= 4 is 9.84 Å². The largest absolute Gasteiger partial charge is 0.316 e. The standard InChI is InChI=1S/C13H27NO2S/c1-12(2)10-14-8-5-9-17(15,16)11-13-6-3-4-7-13/h12-14H,3-11H2,1-2H3. The monoisotopic (exact) mass is 261 g/mol. The van der Waals surface area contributed by atoms with Crippen LogP contribution in [-0.4, -0.2) is 33.0 Å². The van der Waals surface area contributed by atoms with Crippen molar-refractivity contribution in [2.75, 3.05) is 24.6 Å². The van der Waals surface area contributed by atoms with Crippen LogP contribution < -0.4 is 5.32 Å². The highest BCUT2D eigenvalue weighted by molar-refractivity contribution is 7.91. The highest BCUT2D eigenvalue weighted by atomic mass is 32.2. The molecule has 0 radical (unpaired) electrons. The average Bonchev–Trinajstić information content (AvgIpc) is 2.68. The van der Waals surface area contributed by atoms with Gasteiger partial charge in [-0.25, -0.2) is 8.42 Å². The summed E-state index contributed by atoms with van der Waals surface area (Å²) in [4.78, 5) is 0. The van der Waals surface area contributed by atoms with Crippen molar-refractivity contribution in [2.45, 2.75) is 46.0 Å². The summed E-state index contributed by atoms with van der Waals surface area (Å²) in [5.74, 6) is 1.86. The van der Waals surface area contributed by atoms with Crippen LogP contribution in [0.3, 0.4) is 0 Å². The molecule has 1 rings (SSSR count). The van der Waals surface area contributed by atoms with Gasteiger partial charge in [-0.2, -0.15) is 0 Å². The smallest absolute Gasteiger partial charge is 0.150 e. The Bertz CT molecular complexity index is 293. The lowest BCUT2D eigenvalue weighted by molar-refractivity contribution is 0.540. The van der Waals surface area contributed by atoms with Crippen molar-refractivity contribution in [2.24, 2.45) is 11.8 Å². The molecule has 0 amide bonds. The fourth-order valence-corrected chi connectivity index (χ4v) is 4.23. The van der Waals surface area contributed by atoms with Gasteiger partial charge < -0.3 is 5.32 Å². The van der Waals surface area contributed by atoms with E-state index in [9.17, 15) is 8.42 Å². The minimum Gasteiger partial charge on any atom is -0.316 e. The van der Waals surface area contributed by atoms with Crippen molar-refractivity contribution in [1.29, 1.82) is 0 Å². The third-order valence-corrected chi connectivity index (χ3v) is 5.22. The third kappa shape index (κ3) is 7.04. The first-order chi connectivity index (χ1) is 7.99. The molecular formula is C13H27NO2S. The molecule has 1 N–H and O–H groups in total. The van der Waals surface area contributed by atoms with E-state index in [1.54, 1.807) is 0 Å². The summed E-state index contributed by atoms with van der Waals surface area (Å²) in [5.41, 5.74) is 0. The zero-order valence-electron chi connectivity index (χ0n) is 11.2. The van der Waals surface area contributed by atoms with Crippen LogP contribution in [0.2, 0.25) is 0 Å². The van der Waals surface area contributed by atoms with E-state index < -0.39 is 9.84 Å². The minimum atomic E-state index is -2.81. The maximum atomic E-state index is 11.9. The second kappa shape index (κ2) is 7.37. The topological polar surface area (TPSA) is 46.2 Å². The number of rotatable bonds is 8. The lowest BCUT2D eigenvalue weighted by atomic mass is 10.1. The van der Waals surface area contributed by atoms with Crippen LogP contribution in [0.15, 0.2) is 0 Å². The first-order valence-electron chi connectivity index (χ1n) is 6.91. The van der Waals surface area contributed by atoms with Gasteiger partial charge in [0.05, 0.1) is 11.5 Å². The molecule has 3 nitrogen and oxygen atoms in total. The molecule has 0 aromatic carbocycles. The van der Waals surface area contributed by atoms with Gasteiger partial charge in [-0.15, -0.1) is 0 Å². The van der Waals surface area contributed by atoms with Crippen LogP contribution in [0.5, 0.6) is 0 Å². The van der Waals surface area contributed by atoms with Gasteiger partial charge in [0.1, 0.15) is 0 Å². The van der Waals surface area contributed by atoms with Crippen LogP contribution in [-0.2, 0) is 9.84 Å². The number of sulfone groups is 1. The molecular weight excluding hydrogens is 234 g/mol. The molecule has 0 aromatic heterocycles. The van der Waals surface area contributed by atoms with Crippen molar-refractivity contribution in [3.8, 4) is 0 Å². The fraction of sp³-hybridized carbons (Fsp3) is 1.00. The van der Waals surface area contributed by atoms with Crippen molar-refractivity contribution in [1.82, 2.24) is 5.32 Å². The lowest BCUT2D eigenvalue weighted by Gasteiger charge is -2.10. The second-order valence-electron chi connectivity index (χ2n) is 5.72. The summed E-state index contributed by atoms with van der Waals surface area (Å²) in [6.07, 6.45) is 5.42. The molecule has 1 saturated carbocycles. The highest BCUT2D eigenvalue weighted by Crippen LogP contribution is 2.26. The van der Waals surface area contributed by atoms with Gasteiger partial charge in [0.25, 0.3) is 0 Å². The van der Waals surface area contributed by atoms with E-state index in [2.05, 4.69) is 19.2 Å². The molecule has 4 heteroatoms. The van der Waals surface area contributed by atoms with Crippen LogP contribution >= 0.6 is 0 Å². The van der Waals surface area contributed by atoms with Gasteiger partial charge in [0.15, 0.2) is 9.84 Å². The lowest BCUT2D eigenvalue weighted by Crippen LogP contribution is -2.24. The summed E-state index contributed by atoms with van der Waals surface area (Å²) >= 11 is 0. The van der Waals surface area contributed by atoms with E-state index in [1.165, 1.54) is 12.8 Å². The molecule has 0 saturated heterocycles. The summed E-state index contributed by atoms with van der Waals surface area (Å²) in [5, 5.41) is 3.29. The Morgan fingerprint density at radius 1 is 1.24 bits per heavy atom. The van der Waals surface area contributed by atoms with E-state index in [0.29, 0.717) is 23.3 Å². The number of hydrogen-bond acceptors (Lipinski definition) is 3. The molecule has 0 bridgehead atoms. The van der Waals surface area contributed by atoms with Crippen LogP contribution in [0, 0.1) is 11.8 Å². The van der Waals surface area contributed by atoms with Gasteiger partial charge in [-0.05, 0) is 44.2 Å². The molecule has 1 aliphatic carbocycles. The highest BCUT2D eigenvalue weighted by Gasteiger charge is 2.21. The molecule has 0 atom stereocenters. The Morgan fingerprint density at radius 3 is 2.47 bits per heavy atom. The summed E-state index contributed by atoms with van der Waals surface area (Å²) in [6, 6.07) is 0. The summed E-state index contributed by atoms with van der Waals surface area (Å²) < 4.78 is 23.7. The first kappa shape index (κ1) is 15.0. The molecule has 1 aliphatic rings. The van der Waals surface area contributed by atoms with E-state index in [0.717, 1.165) is 32.4 Å². The maximum Gasteiger partial charge on any atom is 0.150 e. The van der Waals surface area contributed by atoms with Crippen LogP contribution in [0.1, 0.15) is 46.0 Å². The van der Waals surface area contributed by atoms with Gasteiger partial charge in [-0.1, -0.05) is 26.7 Å². The predicted octanol–water partition coefficient (Wildman–Crippen LogP) is 2.23. The molecule has 1 fully saturated rings. The fourth-order valence-electron chi connectivity index (χ4n) is 2.43. The molecule has 0 heterocycles. The molecule has 0 spiro atoms. The van der Waals surface area contributed by atoms with E-state index in [4.69, 9.17) is 0 Å². The Hall–Kier alpha value is -0.0900. The van der Waals surface area contributed by atoms with E-state index in [-0.39, 0.29) is 0 Å². The van der Waals surface area contributed by atoms with Gasteiger partial charge in [-0.3, -0.25) is 0 Å². The van der Waals surface area contributed by atoms with Crippen LogP contribution in [0.25, 0.3) is 0 Å². The Morgan fingerprint density at radius 2 is 1.88 bits per heavy atom. The van der Waals surface area contributed by atoms with Crippen molar-refractivity contribution in [3.05, 3.63) is 0 Å². The van der Waals surface area contributed by atoms with Crippen molar-refractivity contribution in [3.63, 3.8) is 0 Å². The van der Waals surface area contributed by atoms with Gasteiger partial charge >= 0.3 is 0 Å². The first-order valence-corrected chi connectivity index (χ1v) is 8.73. The zero-order valence-corrected chi connectivity index (χ0v) is 12.1. The minimum absolute atomic E-state index is 0.356. The van der Waals surface area contributed by atoms with Crippen molar-refractivity contribution < 1.29 is 8.42 Å². The zero-order chi connectivity index (χ0) is 12.7. The van der Waals surface area contributed by atoms with Crippen LogP contribution in [0.4, 0.5) is 0 Å². The number of hydrogen-bond donors (Lipinski definition) is 1. The quantitative estimate of drug-likeness (QED) is 0.682. The molecule has 0 unspecified atom stereocenters. The second-order valence-corrected chi connectivity index (χ2v) is 7.95. The predicted molar refractivity (Wildman–Crippen MR) is 72.9 cm³/mol. The normalized spacial score (nSPS) is 18.1. The van der Waals surface area contributed by atoms with Gasteiger partial charge in [0.2, 0.25) is 0 Å². The molecule has 17 heavy (non-hydrogen) atoms. The Balaban J connectivity index is 2.11. The average molecular weight is 261 g/mol. The molecule has 0 aliphatic heterocycles. The van der Waals surface area contributed by atoms with E-state index in [1.807, 2.05) is 0 Å². The van der Waals surface area contributed by atoms with E-state index >= 15 is 0 Å². The maximum absolute atomic E-state index is 11.9. The third-order valence-electron chi connectivity index (χ3n) is 3.33. The molecule has 0 aromatic rings. The molecule has 102 valence electrons.